The Hall–Kier alpha value is -2.99. The van der Waals surface area contributed by atoms with Crippen molar-refractivity contribution < 1.29 is 9.53 Å². The zero-order valence-electron chi connectivity index (χ0n) is 17.1. The second-order valence-electron chi connectivity index (χ2n) is 7.76. The monoisotopic (exact) mass is 390 g/mol. The first-order chi connectivity index (χ1) is 14.1. The molecule has 29 heavy (non-hydrogen) atoms. The number of nitrogens with one attached hydrogen (secondary N) is 1. The van der Waals surface area contributed by atoms with E-state index in [1.165, 1.54) is 0 Å². The third-order valence-corrected chi connectivity index (χ3v) is 5.61. The van der Waals surface area contributed by atoms with Crippen LogP contribution in [-0.2, 0) is 4.74 Å². The lowest BCUT2D eigenvalue weighted by atomic mass is 9.96. The van der Waals surface area contributed by atoms with Crippen molar-refractivity contribution in [1.29, 1.82) is 0 Å². The number of methoxy groups -OCH3 is 1. The fourth-order valence-electron chi connectivity index (χ4n) is 4.11. The fourth-order valence-corrected chi connectivity index (χ4v) is 4.11. The number of H-pyrrole nitrogens is 1. The smallest absolute Gasteiger partial charge is 0.254 e. The van der Waals surface area contributed by atoms with Gasteiger partial charge in [-0.05, 0) is 25.5 Å². The molecule has 4 rings (SSSR count). The van der Waals surface area contributed by atoms with Gasteiger partial charge < -0.3 is 9.64 Å². The highest BCUT2D eigenvalue weighted by molar-refractivity contribution is 5.96. The normalized spacial score (nSPS) is 18.9. The van der Waals surface area contributed by atoms with Crippen LogP contribution in [0.3, 0.4) is 0 Å². The average Bonchev–Trinajstić information content (AvgIpc) is 3.36. The van der Waals surface area contributed by atoms with Crippen LogP contribution in [0.25, 0.3) is 11.4 Å². The maximum Gasteiger partial charge on any atom is 0.254 e. The lowest BCUT2D eigenvalue weighted by Gasteiger charge is -2.18. The standard InChI is InChI=1S/C23H26N4O2/c1-15-9-10-19(16(2)11-15)23(28)27-12-18(14-29-3)20(13-27)22-24-21(25-26-22)17-7-5-4-6-8-17/h4-11,18,20H,12-14H2,1-3H3,(H,24,25,26)/t18-,20+/m0/s1. The minimum atomic E-state index is 0.0638. The molecule has 1 amide bonds. The van der Waals surface area contributed by atoms with Crippen molar-refractivity contribution in [2.24, 2.45) is 5.92 Å². The molecule has 1 aliphatic heterocycles. The zero-order valence-corrected chi connectivity index (χ0v) is 17.1. The van der Waals surface area contributed by atoms with Gasteiger partial charge in [0.1, 0.15) is 5.82 Å². The highest BCUT2D eigenvalue weighted by Gasteiger charge is 2.38. The number of aromatic amines is 1. The van der Waals surface area contributed by atoms with Crippen molar-refractivity contribution in [3.8, 4) is 11.4 Å². The van der Waals surface area contributed by atoms with Crippen LogP contribution in [0.15, 0.2) is 48.5 Å². The molecular formula is C23H26N4O2. The lowest BCUT2D eigenvalue weighted by molar-refractivity contribution is 0.0774. The van der Waals surface area contributed by atoms with Gasteiger partial charge in [-0.25, -0.2) is 4.98 Å². The Morgan fingerprint density at radius 3 is 2.69 bits per heavy atom. The maximum absolute atomic E-state index is 13.2. The maximum atomic E-state index is 13.2. The summed E-state index contributed by atoms with van der Waals surface area (Å²) in [6.45, 7) is 5.84. The van der Waals surface area contributed by atoms with E-state index in [0.717, 1.165) is 28.1 Å². The Morgan fingerprint density at radius 1 is 1.17 bits per heavy atom. The van der Waals surface area contributed by atoms with Gasteiger partial charge in [-0.2, -0.15) is 5.10 Å². The third kappa shape index (κ3) is 3.93. The highest BCUT2D eigenvalue weighted by Crippen LogP contribution is 2.33. The molecule has 6 heteroatoms. The number of nitrogens with zero attached hydrogens (tertiary/aromatic N) is 3. The van der Waals surface area contributed by atoms with Crippen LogP contribution < -0.4 is 0 Å². The van der Waals surface area contributed by atoms with Crippen LogP contribution in [0.5, 0.6) is 0 Å². The van der Waals surface area contributed by atoms with E-state index in [2.05, 4.69) is 16.3 Å². The van der Waals surface area contributed by atoms with E-state index in [9.17, 15) is 4.79 Å². The lowest BCUT2D eigenvalue weighted by Crippen LogP contribution is -2.30. The number of carbonyl (C=O) groups excluding carboxylic acids is 1. The summed E-state index contributed by atoms with van der Waals surface area (Å²) in [7, 11) is 1.70. The van der Waals surface area contributed by atoms with Crippen molar-refractivity contribution in [3.05, 3.63) is 71.0 Å². The van der Waals surface area contributed by atoms with Crippen molar-refractivity contribution in [2.75, 3.05) is 26.8 Å². The van der Waals surface area contributed by atoms with Crippen LogP contribution in [0, 0.1) is 19.8 Å². The molecular weight excluding hydrogens is 364 g/mol. The summed E-state index contributed by atoms with van der Waals surface area (Å²) < 4.78 is 5.44. The van der Waals surface area contributed by atoms with Gasteiger partial charge in [0, 0.05) is 43.2 Å². The second kappa shape index (κ2) is 8.17. The molecule has 2 heterocycles. The number of ether oxygens (including phenoxy) is 1. The van der Waals surface area contributed by atoms with Crippen LogP contribution in [-0.4, -0.2) is 52.8 Å². The molecule has 1 aliphatic rings. The molecule has 0 saturated carbocycles. The number of amides is 1. The van der Waals surface area contributed by atoms with E-state index in [1.807, 2.05) is 61.2 Å². The van der Waals surface area contributed by atoms with Crippen molar-refractivity contribution in [2.45, 2.75) is 19.8 Å². The molecule has 0 spiro atoms. The number of hydrogen-bond acceptors (Lipinski definition) is 4. The van der Waals surface area contributed by atoms with Gasteiger partial charge >= 0.3 is 0 Å². The van der Waals surface area contributed by atoms with Crippen molar-refractivity contribution >= 4 is 5.91 Å². The van der Waals surface area contributed by atoms with Gasteiger partial charge in [0.2, 0.25) is 0 Å². The highest BCUT2D eigenvalue weighted by atomic mass is 16.5. The predicted molar refractivity (Wildman–Crippen MR) is 112 cm³/mol. The molecule has 0 radical (unpaired) electrons. The summed E-state index contributed by atoms with van der Waals surface area (Å²) in [5.41, 5.74) is 3.90. The van der Waals surface area contributed by atoms with Gasteiger partial charge in [-0.3, -0.25) is 9.89 Å². The summed E-state index contributed by atoms with van der Waals surface area (Å²) in [5, 5.41) is 7.50. The molecule has 1 aromatic heterocycles. The minimum Gasteiger partial charge on any atom is -0.384 e. The number of aromatic nitrogens is 3. The van der Waals surface area contributed by atoms with Gasteiger partial charge in [0.25, 0.3) is 5.91 Å². The number of carbonyl (C=O) groups is 1. The summed E-state index contributed by atoms with van der Waals surface area (Å²) in [6, 6.07) is 15.9. The van der Waals surface area contributed by atoms with E-state index >= 15 is 0 Å². The van der Waals surface area contributed by atoms with Gasteiger partial charge in [0.15, 0.2) is 5.82 Å². The molecule has 6 nitrogen and oxygen atoms in total. The molecule has 1 N–H and O–H groups in total. The first-order valence-electron chi connectivity index (χ1n) is 9.90. The Kier molecular flexibility index (Phi) is 5.45. The SMILES string of the molecule is COC[C@@H]1CN(C(=O)c2ccc(C)cc2C)C[C@H]1c1nc(-c2ccccc2)n[nH]1. The van der Waals surface area contributed by atoms with Gasteiger partial charge in [-0.15, -0.1) is 0 Å². The van der Waals surface area contributed by atoms with Crippen molar-refractivity contribution in [3.63, 3.8) is 0 Å². The minimum absolute atomic E-state index is 0.0638. The van der Waals surface area contributed by atoms with E-state index in [-0.39, 0.29) is 17.7 Å². The number of aryl methyl sites for hydroxylation is 2. The third-order valence-electron chi connectivity index (χ3n) is 5.61. The number of benzene rings is 2. The molecule has 1 fully saturated rings. The Morgan fingerprint density at radius 2 is 1.97 bits per heavy atom. The molecule has 0 bridgehead atoms. The fraction of sp³-hybridized carbons (Fsp3) is 0.348. The molecule has 2 atom stereocenters. The summed E-state index contributed by atoms with van der Waals surface area (Å²) in [4.78, 5) is 19.8. The van der Waals surface area contributed by atoms with Gasteiger partial charge in [0.05, 0.1) is 6.61 Å². The summed E-state index contributed by atoms with van der Waals surface area (Å²) in [5.74, 6) is 1.78. The average molecular weight is 390 g/mol. The number of likely N-dealkylation sites (tertiary alicyclic amines) is 1. The molecule has 0 aliphatic carbocycles. The zero-order chi connectivity index (χ0) is 20.4. The molecule has 0 unspecified atom stereocenters. The molecule has 1 saturated heterocycles. The van der Waals surface area contributed by atoms with Crippen molar-refractivity contribution in [1.82, 2.24) is 20.1 Å². The van der Waals surface area contributed by atoms with E-state index < -0.39 is 0 Å². The Labute approximate surface area is 170 Å². The first kappa shape index (κ1) is 19.3. The summed E-state index contributed by atoms with van der Waals surface area (Å²) in [6.07, 6.45) is 0. The summed E-state index contributed by atoms with van der Waals surface area (Å²) >= 11 is 0. The van der Waals surface area contributed by atoms with Gasteiger partial charge in [-0.1, -0.05) is 48.0 Å². The van der Waals surface area contributed by atoms with Crippen LogP contribution in [0.1, 0.15) is 33.2 Å². The number of hydrogen-bond donors (Lipinski definition) is 1. The Balaban J connectivity index is 1.57. The van der Waals surface area contributed by atoms with E-state index in [0.29, 0.717) is 25.5 Å². The first-order valence-corrected chi connectivity index (χ1v) is 9.90. The number of rotatable bonds is 5. The second-order valence-corrected chi connectivity index (χ2v) is 7.76. The molecule has 150 valence electrons. The van der Waals surface area contributed by atoms with E-state index in [4.69, 9.17) is 9.72 Å². The Bertz CT molecular complexity index is 999. The molecule has 2 aromatic carbocycles. The van der Waals surface area contributed by atoms with E-state index in [1.54, 1.807) is 7.11 Å². The van der Waals surface area contributed by atoms with Crippen LogP contribution in [0.4, 0.5) is 0 Å². The van der Waals surface area contributed by atoms with Crippen LogP contribution >= 0.6 is 0 Å². The molecule has 3 aromatic rings. The predicted octanol–water partition coefficient (Wildman–Crippen LogP) is 3.59. The largest absolute Gasteiger partial charge is 0.384 e. The topological polar surface area (TPSA) is 71.1 Å². The quantitative estimate of drug-likeness (QED) is 0.723. The van der Waals surface area contributed by atoms with Crippen LogP contribution in [0.2, 0.25) is 0 Å².